The van der Waals surface area contributed by atoms with Crippen molar-refractivity contribution < 1.29 is 13.9 Å². The Balaban J connectivity index is 1.93. The van der Waals surface area contributed by atoms with Gasteiger partial charge in [0, 0.05) is 0 Å². The number of carbonyl (C=O) groups excluding carboxylic acids is 1. The van der Waals surface area contributed by atoms with Crippen molar-refractivity contribution >= 4 is 5.97 Å². The molecule has 0 aliphatic heterocycles. The fourth-order valence-corrected chi connectivity index (χ4v) is 2.62. The van der Waals surface area contributed by atoms with Crippen molar-refractivity contribution in [1.82, 2.24) is 0 Å². The number of carbonyl (C=O) groups is 1. The van der Waals surface area contributed by atoms with Crippen LogP contribution >= 0.6 is 0 Å². The molecule has 3 heteroatoms. The Hall–Kier alpha value is -1.64. The number of halogens is 1. The molecule has 1 aliphatic rings. The van der Waals surface area contributed by atoms with Gasteiger partial charge in [0.15, 0.2) is 0 Å². The highest BCUT2D eigenvalue weighted by Gasteiger charge is 2.61. The second-order valence-corrected chi connectivity index (χ2v) is 6.30. The van der Waals surface area contributed by atoms with E-state index in [9.17, 15) is 9.18 Å². The molecule has 1 saturated carbocycles. The van der Waals surface area contributed by atoms with Crippen LogP contribution in [-0.2, 0) is 16.1 Å². The molecule has 108 valence electrons. The number of esters is 1. The molecule has 0 radical (unpaired) electrons. The Morgan fingerprint density at radius 3 is 2.45 bits per heavy atom. The zero-order chi connectivity index (χ0) is 14.9. The van der Waals surface area contributed by atoms with Crippen molar-refractivity contribution in [1.29, 1.82) is 0 Å². The van der Waals surface area contributed by atoms with Gasteiger partial charge in [-0.05, 0) is 42.9 Å². The molecule has 0 aromatic heterocycles. The van der Waals surface area contributed by atoms with Gasteiger partial charge in [-0.25, -0.2) is 4.39 Å². The highest BCUT2D eigenvalue weighted by atomic mass is 19.1. The van der Waals surface area contributed by atoms with Crippen LogP contribution in [-0.4, -0.2) is 5.97 Å². The Bertz CT molecular complexity index is 524. The Kier molecular flexibility index (Phi) is 3.98. The number of ether oxygens (including phenoxy) is 1. The summed E-state index contributed by atoms with van der Waals surface area (Å²) in [7, 11) is 0. The van der Waals surface area contributed by atoms with Crippen LogP contribution in [0.3, 0.4) is 0 Å². The zero-order valence-electron chi connectivity index (χ0n) is 12.4. The number of allylic oxidation sites excluding steroid dienone is 2. The number of benzene rings is 1. The van der Waals surface area contributed by atoms with Gasteiger partial charge in [0.2, 0.25) is 0 Å². The first-order valence-corrected chi connectivity index (χ1v) is 6.88. The quantitative estimate of drug-likeness (QED) is 0.611. The van der Waals surface area contributed by atoms with Gasteiger partial charge >= 0.3 is 5.97 Å². The van der Waals surface area contributed by atoms with Crippen LogP contribution in [0.25, 0.3) is 0 Å². The fraction of sp³-hybridized carbons (Fsp3) is 0.471. The van der Waals surface area contributed by atoms with Crippen molar-refractivity contribution in [2.75, 3.05) is 0 Å². The smallest absolute Gasteiger partial charge is 0.310 e. The van der Waals surface area contributed by atoms with Gasteiger partial charge in [-0.1, -0.05) is 37.6 Å². The van der Waals surface area contributed by atoms with Gasteiger partial charge < -0.3 is 4.74 Å². The van der Waals surface area contributed by atoms with E-state index >= 15 is 0 Å². The predicted molar refractivity (Wildman–Crippen MR) is 76.4 cm³/mol. The molecule has 0 spiro atoms. The molecular weight excluding hydrogens is 255 g/mol. The molecule has 1 aliphatic carbocycles. The maximum Gasteiger partial charge on any atom is 0.310 e. The lowest BCUT2D eigenvalue weighted by molar-refractivity contribution is -0.147. The van der Waals surface area contributed by atoms with Gasteiger partial charge in [0.25, 0.3) is 0 Å². The summed E-state index contributed by atoms with van der Waals surface area (Å²) in [6.45, 7) is 8.44. The second-order valence-electron chi connectivity index (χ2n) is 6.30. The van der Waals surface area contributed by atoms with E-state index in [2.05, 4.69) is 19.9 Å². The maximum atomic E-state index is 12.8. The van der Waals surface area contributed by atoms with E-state index in [-0.39, 0.29) is 35.6 Å². The third-order valence-electron chi connectivity index (χ3n) is 3.97. The Morgan fingerprint density at radius 1 is 1.30 bits per heavy atom. The minimum absolute atomic E-state index is 0.0306. The molecular formula is C17H21FO2. The lowest BCUT2D eigenvalue weighted by atomic mass is 10.1. The first-order chi connectivity index (χ1) is 9.32. The van der Waals surface area contributed by atoms with Crippen molar-refractivity contribution in [3.8, 4) is 0 Å². The van der Waals surface area contributed by atoms with E-state index in [1.807, 2.05) is 13.8 Å². The molecule has 2 rings (SSSR count). The summed E-state index contributed by atoms with van der Waals surface area (Å²) in [6, 6.07) is 6.01. The lowest BCUT2D eigenvalue weighted by Gasteiger charge is -2.05. The van der Waals surface area contributed by atoms with Gasteiger partial charge in [-0.3, -0.25) is 4.79 Å². The summed E-state index contributed by atoms with van der Waals surface area (Å²) >= 11 is 0. The van der Waals surface area contributed by atoms with Crippen LogP contribution in [0.15, 0.2) is 35.9 Å². The summed E-state index contributed by atoms with van der Waals surface area (Å²) in [6.07, 6.45) is 2.14. The van der Waals surface area contributed by atoms with E-state index in [4.69, 9.17) is 4.74 Å². The topological polar surface area (TPSA) is 26.3 Å². The molecule has 1 unspecified atom stereocenters. The number of rotatable bonds is 4. The molecule has 2 atom stereocenters. The van der Waals surface area contributed by atoms with E-state index in [0.717, 1.165) is 5.56 Å². The molecule has 0 saturated heterocycles. The standard InChI is InChI=1S/C17H21FO2/c1-11(2)9-14-15(17(14,3)4)16(19)20-10-12-5-7-13(18)8-6-12/h5-9,14-15H,10H2,1-4H3/t14?,15-/m0/s1. The fourth-order valence-electron chi connectivity index (χ4n) is 2.62. The van der Waals surface area contributed by atoms with Crippen LogP contribution in [0, 0.1) is 23.1 Å². The minimum atomic E-state index is -0.285. The summed E-state index contributed by atoms with van der Waals surface area (Å²) in [5, 5.41) is 0. The first kappa shape index (κ1) is 14.8. The third kappa shape index (κ3) is 3.09. The molecule has 0 amide bonds. The average Bonchev–Trinajstić information content (AvgIpc) is 2.89. The molecule has 1 aromatic carbocycles. The van der Waals surface area contributed by atoms with Crippen molar-refractivity contribution in [2.45, 2.75) is 34.3 Å². The van der Waals surface area contributed by atoms with Crippen LogP contribution < -0.4 is 0 Å². The highest BCUT2D eigenvalue weighted by Crippen LogP contribution is 2.59. The van der Waals surface area contributed by atoms with E-state index < -0.39 is 0 Å². The number of hydrogen-bond donors (Lipinski definition) is 0. The molecule has 0 heterocycles. The predicted octanol–water partition coefficient (Wildman–Crippen LogP) is 4.11. The largest absolute Gasteiger partial charge is 0.461 e. The average molecular weight is 276 g/mol. The summed E-state index contributed by atoms with van der Waals surface area (Å²) in [4.78, 5) is 12.1. The summed E-state index contributed by atoms with van der Waals surface area (Å²) in [5.74, 6) is -0.264. The van der Waals surface area contributed by atoms with Crippen molar-refractivity contribution in [2.24, 2.45) is 17.3 Å². The summed E-state index contributed by atoms with van der Waals surface area (Å²) in [5.41, 5.74) is 1.99. The van der Waals surface area contributed by atoms with Crippen LogP contribution in [0.4, 0.5) is 4.39 Å². The summed E-state index contributed by atoms with van der Waals surface area (Å²) < 4.78 is 18.1. The van der Waals surface area contributed by atoms with Gasteiger partial charge in [0.1, 0.15) is 12.4 Å². The minimum Gasteiger partial charge on any atom is -0.461 e. The molecule has 0 bridgehead atoms. The van der Waals surface area contributed by atoms with E-state index in [0.29, 0.717) is 0 Å². The molecule has 1 fully saturated rings. The van der Waals surface area contributed by atoms with Crippen molar-refractivity contribution in [3.63, 3.8) is 0 Å². The molecule has 20 heavy (non-hydrogen) atoms. The molecule has 0 N–H and O–H groups in total. The van der Waals surface area contributed by atoms with Gasteiger partial charge in [-0.2, -0.15) is 0 Å². The van der Waals surface area contributed by atoms with Crippen LogP contribution in [0.2, 0.25) is 0 Å². The van der Waals surface area contributed by atoms with Gasteiger partial charge in [-0.15, -0.1) is 0 Å². The third-order valence-corrected chi connectivity index (χ3v) is 3.97. The monoisotopic (exact) mass is 276 g/mol. The van der Waals surface area contributed by atoms with Crippen LogP contribution in [0.1, 0.15) is 33.3 Å². The SMILES string of the molecule is CC(C)=CC1[C@@H](C(=O)OCc2ccc(F)cc2)C1(C)C. The van der Waals surface area contributed by atoms with E-state index in [1.165, 1.54) is 17.7 Å². The van der Waals surface area contributed by atoms with Gasteiger partial charge in [0.05, 0.1) is 5.92 Å². The molecule has 2 nitrogen and oxygen atoms in total. The Labute approximate surface area is 119 Å². The molecule has 1 aromatic rings. The van der Waals surface area contributed by atoms with Crippen molar-refractivity contribution in [3.05, 3.63) is 47.3 Å². The number of hydrogen-bond acceptors (Lipinski definition) is 2. The normalized spacial score (nSPS) is 23.1. The maximum absolute atomic E-state index is 12.8. The second kappa shape index (κ2) is 5.39. The van der Waals surface area contributed by atoms with E-state index in [1.54, 1.807) is 12.1 Å². The lowest BCUT2D eigenvalue weighted by Crippen LogP contribution is -2.10. The van der Waals surface area contributed by atoms with Crippen LogP contribution in [0.5, 0.6) is 0 Å². The zero-order valence-corrected chi connectivity index (χ0v) is 12.4. The Morgan fingerprint density at radius 2 is 1.90 bits per heavy atom. The first-order valence-electron chi connectivity index (χ1n) is 6.88. The highest BCUT2D eigenvalue weighted by molar-refractivity contribution is 5.78.